The van der Waals surface area contributed by atoms with Crippen LogP contribution in [0.1, 0.15) is 40.5 Å². The lowest BCUT2D eigenvalue weighted by atomic mass is 9.96. The van der Waals surface area contributed by atoms with Crippen LogP contribution >= 0.6 is 0 Å². The van der Waals surface area contributed by atoms with Crippen LogP contribution in [-0.2, 0) is 9.53 Å². The zero-order valence-corrected chi connectivity index (χ0v) is 16.3. The second-order valence-corrected chi connectivity index (χ2v) is 6.89. The molecule has 0 radical (unpaired) electrons. The Morgan fingerprint density at radius 2 is 1.93 bits per heavy atom. The van der Waals surface area contributed by atoms with Gasteiger partial charge in [0.2, 0.25) is 0 Å². The van der Waals surface area contributed by atoms with E-state index in [2.05, 4.69) is 5.32 Å². The van der Waals surface area contributed by atoms with Crippen LogP contribution in [0.15, 0.2) is 48.5 Å². The van der Waals surface area contributed by atoms with Crippen LogP contribution in [0.2, 0.25) is 0 Å². The zero-order chi connectivity index (χ0) is 20.8. The van der Waals surface area contributed by atoms with Crippen molar-refractivity contribution in [2.75, 3.05) is 29.9 Å². The van der Waals surface area contributed by atoms with Gasteiger partial charge in [0.25, 0.3) is 5.91 Å². The summed E-state index contributed by atoms with van der Waals surface area (Å²) in [5.74, 6) is -1.92. The number of anilines is 2. The standard InChI is InChI=1S/C22H24N2O5/c1-2-29-22(28)16-9-6-12-24(14-16)19-11-10-17(13-18(19)21(26)27)23-20(25)15-7-4-3-5-8-15/h3-5,7-8,10-11,13,16H,2,6,9,12,14H2,1H3,(H,23,25)(H,26,27)/t16-/m0/s1. The highest BCUT2D eigenvalue weighted by molar-refractivity contribution is 6.05. The number of rotatable bonds is 6. The lowest BCUT2D eigenvalue weighted by Gasteiger charge is -2.34. The van der Waals surface area contributed by atoms with E-state index in [9.17, 15) is 19.5 Å². The minimum atomic E-state index is -1.09. The Balaban J connectivity index is 1.80. The van der Waals surface area contributed by atoms with E-state index in [0.29, 0.717) is 36.6 Å². The summed E-state index contributed by atoms with van der Waals surface area (Å²) < 4.78 is 5.12. The number of nitrogens with zero attached hydrogens (tertiary/aromatic N) is 1. The molecule has 1 saturated heterocycles. The van der Waals surface area contributed by atoms with Crippen LogP contribution in [0, 0.1) is 5.92 Å². The van der Waals surface area contributed by atoms with Gasteiger partial charge in [-0.2, -0.15) is 0 Å². The van der Waals surface area contributed by atoms with Crippen LogP contribution in [0.5, 0.6) is 0 Å². The molecule has 29 heavy (non-hydrogen) atoms. The van der Waals surface area contributed by atoms with Crippen molar-refractivity contribution in [2.24, 2.45) is 5.92 Å². The largest absolute Gasteiger partial charge is 0.478 e. The van der Waals surface area contributed by atoms with E-state index in [1.807, 2.05) is 11.0 Å². The van der Waals surface area contributed by atoms with Crippen molar-refractivity contribution < 1.29 is 24.2 Å². The van der Waals surface area contributed by atoms with Crippen molar-refractivity contribution in [3.05, 3.63) is 59.7 Å². The van der Waals surface area contributed by atoms with E-state index in [0.717, 1.165) is 12.8 Å². The first kappa shape index (κ1) is 20.4. The van der Waals surface area contributed by atoms with Crippen LogP contribution in [0.3, 0.4) is 0 Å². The molecule has 7 heteroatoms. The first-order chi connectivity index (χ1) is 14.0. The Kier molecular flexibility index (Phi) is 6.49. The van der Waals surface area contributed by atoms with Gasteiger partial charge in [-0.05, 0) is 50.1 Å². The van der Waals surface area contributed by atoms with Crippen molar-refractivity contribution in [2.45, 2.75) is 19.8 Å². The van der Waals surface area contributed by atoms with Gasteiger partial charge in [-0.25, -0.2) is 4.79 Å². The van der Waals surface area contributed by atoms with Gasteiger partial charge >= 0.3 is 11.9 Å². The van der Waals surface area contributed by atoms with Gasteiger partial charge < -0.3 is 20.1 Å². The summed E-state index contributed by atoms with van der Waals surface area (Å²) >= 11 is 0. The number of carboxylic acid groups (broad SMARTS) is 1. The monoisotopic (exact) mass is 396 g/mol. The third-order valence-corrected chi connectivity index (χ3v) is 4.90. The van der Waals surface area contributed by atoms with Crippen LogP contribution in [0.4, 0.5) is 11.4 Å². The molecule has 0 unspecified atom stereocenters. The fraction of sp³-hybridized carbons (Fsp3) is 0.318. The van der Waals surface area contributed by atoms with Crippen molar-refractivity contribution >= 4 is 29.2 Å². The normalized spacial score (nSPS) is 16.2. The highest BCUT2D eigenvalue weighted by Gasteiger charge is 2.29. The van der Waals surface area contributed by atoms with Crippen LogP contribution in [0.25, 0.3) is 0 Å². The molecule has 1 atom stereocenters. The summed E-state index contributed by atoms with van der Waals surface area (Å²) in [6.07, 6.45) is 1.50. The Hall–Kier alpha value is -3.35. The molecule has 2 aromatic rings. The third-order valence-electron chi connectivity index (χ3n) is 4.90. The van der Waals surface area contributed by atoms with E-state index >= 15 is 0 Å². The number of amides is 1. The molecular formula is C22H24N2O5. The maximum absolute atomic E-state index is 12.3. The van der Waals surface area contributed by atoms with Crippen molar-refractivity contribution in [3.63, 3.8) is 0 Å². The fourth-order valence-corrected chi connectivity index (χ4v) is 3.50. The predicted molar refractivity (Wildman–Crippen MR) is 109 cm³/mol. The molecule has 0 spiro atoms. The molecule has 2 N–H and O–H groups in total. The number of carbonyl (C=O) groups is 3. The molecule has 0 saturated carbocycles. The Morgan fingerprint density at radius 1 is 1.17 bits per heavy atom. The van der Waals surface area contributed by atoms with Gasteiger partial charge in [0.15, 0.2) is 0 Å². The average molecular weight is 396 g/mol. The number of carboxylic acids is 1. The summed E-state index contributed by atoms with van der Waals surface area (Å²) in [5.41, 5.74) is 1.50. The van der Waals surface area contributed by atoms with Gasteiger partial charge in [-0.1, -0.05) is 18.2 Å². The molecule has 3 rings (SSSR count). The topological polar surface area (TPSA) is 95.9 Å². The van der Waals surface area contributed by atoms with Gasteiger partial charge in [-0.3, -0.25) is 9.59 Å². The number of benzene rings is 2. The van der Waals surface area contributed by atoms with E-state index in [4.69, 9.17) is 4.74 Å². The van der Waals surface area contributed by atoms with Gasteiger partial charge in [0.1, 0.15) is 0 Å². The van der Waals surface area contributed by atoms with E-state index in [1.165, 1.54) is 6.07 Å². The molecule has 1 aliphatic rings. The molecule has 0 aromatic heterocycles. The molecular weight excluding hydrogens is 372 g/mol. The molecule has 1 heterocycles. The minimum Gasteiger partial charge on any atom is -0.478 e. The number of piperidine rings is 1. The van der Waals surface area contributed by atoms with Crippen molar-refractivity contribution in [3.8, 4) is 0 Å². The lowest BCUT2D eigenvalue weighted by molar-refractivity contribution is -0.148. The summed E-state index contributed by atoms with van der Waals surface area (Å²) in [7, 11) is 0. The summed E-state index contributed by atoms with van der Waals surface area (Å²) in [6.45, 7) is 3.16. The quantitative estimate of drug-likeness (QED) is 0.727. The minimum absolute atomic E-state index is 0.0837. The molecule has 152 valence electrons. The van der Waals surface area contributed by atoms with Crippen LogP contribution < -0.4 is 10.2 Å². The smallest absolute Gasteiger partial charge is 0.337 e. The van der Waals surface area contributed by atoms with Gasteiger partial charge in [0, 0.05) is 24.3 Å². The first-order valence-corrected chi connectivity index (χ1v) is 9.65. The maximum Gasteiger partial charge on any atom is 0.337 e. The number of carbonyl (C=O) groups excluding carboxylic acids is 2. The molecule has 0 aliphatic carbocycles. The maximum atomic E-state index is 12.3. The number of hydrogen-bond donors (Lipinski definition) is 2. The fourth-order valence-electron chi connectivity index (χ4n) is 3.50. The van der Waals surface area contributed by atoms with Gasteiger partial charge in [-0.15, -0.1) is 0 Å². The Morgan fingerprint density at radius 3 is 2.62 bits per heavy atom. The SMILES string of the molecule is CCOC(=O)[C@H]1CCCN(c2ccc(NC(=O)c3ccccc3)cc2C(=O)O)C1. The molecule has 1 fully saturated rings. The molecule has 7 nitrogen and oxygen atoms in total. The average Bonchev–Trinajstić information content (AvgIpc) is 2.74. The number of aromatic carboxylic acids is 1. The summed E-state index contributed by atoms with van der Waals surface area (Å²) in [4.78, 5) is 38.2. The molecule has 0 bridgehead atoms. The third kappa shape index (κ3) is 4.93. The molecule has 1 aliphatic heterocycles. The number of hydrogen-bond acceptors (Lipinski definition) is 5. The summed E-state index contributed by atoms with van der Waals surface area (Å²) in [5, 5.41) is 12.4. The zero-order valence-electron chi connectivity index (χ0n) is 16.3. The van der Waals surface area contributed by atoms with E-state index in [-0.39, 0.29) is 23.4 Å². The highest BCUT2D eigenvalue weighted by Crippen LogP contribution is 2.29. The summed E-state index contributed by atoms with van der Waals surface area (Å²) in [6, 6.07) is 13.5. The Bertz CT molecular complexity index is 897. The van der Waals surface area contributed by atoms with Crippen molar-refractivity contribution in [1.82, 2.24) is 0 Å². The second kappa shape index (κ2) is 9.23. The highest BCUT2D eigenvalue weighted by atomic mass is 16.5. The molecule has 2 aromatic carbocycles. The van der Waals surface area contributed by atoms with Gasteiger partial charge in [0.05, 0.1) is 23.8 Å². The van der Waals surface area contributed by atoms with Crippen LogP contribution in [-0.4, -0.2) is 42.6 Å². The van der Waals surface area contributed by atoms with Crippen molar-refractivity contribution in [1.29, 1.82) is 0 Å². The second-order valence-electron chi connectivity index (χ2n) is 6.89. The Labute approximate surface area is 169 Å². The first-order valence-electron chi connectivity index (χ1n) is 9.65. The number of esters is 1. The predicted octanol–water partition coefficient (Wildman–Crippen LogP) is 3.42. The molecule has 1 amide bonds. The number of ether oxygens (including phenoxy) is 1. The van der Waals surface area contributed by atoms with E-state index < -0.39 is 5.97 Å². The van der Waals surface area contributed by atoms with E-state index in [1.54, 1.807) is 43.3 Å². The number of nitrogens with one attached hydrogen (secondary N) is 1. The lowest BCUT2D eigenvalue weighted by Crippen LogP contribution is -2.40.